The molecule has 0 aliphatic rings. The molecule has 24 heavy (non-hydrogen) atoms. The molecule has 1 amide bonds. The normalized spacial score (nSPS) is 12.2. The average molecular weight is 323 g/mol. The molecule has 0 aliphatic heterocycles. The van der Waals surface area contributed by atoms with Gasteiger partial charge in [0.15, 0.2) is 0 Å². The highest BCUT2D eigenvalue weighted by molar-refractivity contribution is 5.92. The minimum absolute atomic E-state index is 0.0303. The van der Waals surface area contributed by atoms with Gasteiger partial charge in [-0.1, -0.05) is 24.3 Å². The highest BCUT2D eigenvalue weighted by Gasteiger charge is 2.11. The van der Waals surface area contributed by atoms with E-state index in [-0.39, 0.29) is 11.9 Å². The number of nitrogens with one attached hydrogen (secondary N) is 1. The van der Waals surface area contributed by atoms with Crippen LogP contribution in [0.2, 0.25) is 0 Å². The van der Waals surface area contributed by atoms with Crippen LogP contribution in [0.3, 0.4) is 0 Å². The van der Waals surface area contributed by atoms with E-state index in [2.05, 4.69) is 38.2 Å². The highest BCUT2D eigenvalue weighted by atomic mass is 16.5. The molecule has 0 fully saturated rings. The van der Waals surface area contributed by atoms with Crippen LogP contribution in [0.1, 0.15) is 40.8 Å². The molecular weight excluding hydrogens is 298 g/mol. The largest absolute Gasteiger partial charge is 0.497 e. The van der Waals surface area contributed by atoms with Crippen molar-refractivity contribution in [3.8, 4) is 5.75 Å². The Morgan fingerprint density at radius 2 is 1.67 bits per heavy atom. The number of amides is 1. The standard InChI is InChI=1S/C21H25NO2/c1-14-12-16(3)20(13-15(14)2)17(4)22-21(23)11-8-18-6-9-19(24-5)10-7-18/h6-13,17H,1-5H3,(H,22,23)/b11-8+/t17-/m0/s1. The van der Waals surface area contributed by atoms with Crippen LogP contribution in [0, 0.1) is 20.8 Å². The van der Waals surface area contributed by atoms with Crippen molar-refractivity contribution >= 4 is 12.0 Å². The molecule has 0 radical (unpaired) electrons. The van der Waals surface area contributed by atoms with Gasteiger partial charge in [0.1, 0.15) is 5.75 Å². The van der Waals surface area contributed by atoms with E-state index in [1.807, 2.05) is 31.2 Å². The molecule has 0 saturated heterocycles. The number of rotatable bonds is 5. The molecule has 0 bridgehead atoms. The van der Waals surface area contributed by atoms with E-state index < -0.39 is 0 Å². The van der Waals surface area contributed by atoms with Crippen molar-refractivity contribution in [1.29, 1.82) is 0 Å². The summed E-state index contributed by atoms with van der Waals surface area (Å²) in [5, 5.41) is 3.03. The van der Waals surface area contributed by atoms with Crippen LogP contribution < -0.4 is 10.1 Å². The number of hydrogen-bond acceptors (Lipinski definition) is 2. The predicted octanol–water partition coefficient (Wildman–Crippen LogP) is 4.51. The average Bonchev–Trinajstić information content (AvgIpc) is 2.56. The molecule has 0 unspecified atom stereocenters. The lowest BCUT2D eigenvalue weighted by molar-refractivity contribution is -0.117. The van der Waals surface area contributed by atoms with Crippen molar-refractivity contribution in [2.24, 2.45) is 0 Å². The minimum atomic E-state index is -0.101. The van der Waals surface area contributed by atoms with Crippen molar-refractivity contribution in [3.05, 3.63) is 70.3 Å². The van der Waals surface area contributed by atoms with Crippen molar-refractivity contribution in [1.82, 2.24) is 5.32 Å². The maximum atomic E-state index is 12.2. The first kappa shape index (κ1) is 17.8. The van der Waals surface area contributed by atoms with Gasteiger partial charge in [-0.15, -0.1) is 0 Å². The Morgan fingerprint density at radius 3 is 2.29 bits per heavy atom. The fourth-order valence-corrected chi connectivity index (χ4v) is 2.68. The maximum absolute atomic E-state index is 12.2. The number of hydrogen-bond donors (Lipinski definition) is 1. The van der Waals surface area contributed by atoms with Gasteiger partial charge in [-0.3, -0.25) is 4.79 Å². The molecule has 3 nitrogen and oxygen atoms in total. The molecule has 0 spiro atoms. The van der Waals surface area contributed by atoms with Crippen LogP contribution in [-0.2, 0) is 4.79 Å². The Kier molecular flexibility index (Phi) is 5.80. The van der Waals surface area contributed by atoms with Crippen LogP contribution in [-0.4, -0.2) is 13.0 Å². The molecule has 0 heterocycles. The lowest BCUT2D eigenvalue weighted by Crippen LogP contribution is -2.25. The molecule has 1 N–H and O–H groups in total. The summed E-state index contributed by atoms with van der Waals surface area (Å²) in [7, 11) is 1.63. The lowest BCUT2D eigenvalue weighted by atomic mass is 9.96. The number of carbonyl (C=O) groups excluding carboxylic acids is 1. The molecule has 2 rings (SSSR count). The van der Waals surface area contributed by atoms with Crippen molar-refractivity contribution in [2.45, 2.75) is 33.7 Å². The molecule has 0 saturated carbocycles. The van der Waals surface area contributed by atoms with Gasteiger partial charge in [-0.2, -0.15) is 0 Å². The maximum Gasteiger partial charge on any atom is 0.244 e. The molecule has 126 valence electrons. The van der Waals surface area contributed by atoms with E-state index >= 15 is 0 Å². The van der Waals surface area contributed by atoms with Gasteiger partial charge in [-0.05, 0) is 73.7 Å². The molecule has 0 aromatic heterocycles. The third-order valence-corrected chi connectivity index (χ3v) is 4.25. The Balaban J connectivity index is 2.03. The molecule has 2 aromatic rings. The van der Waals surface area contributed by atoms with E-state index in [0.717, 1.165) is 16.9 Å². The third kappa shape index (κ3) is 4.48. The summed E-state index contributed by atoms with van der Waals surface area (Å²) in [4.78, 5) is 12.2. The van der Waals surface area contributed by atoms with Crippen molar-refractivity contribution in [2.75, 3.05) is 7.11 Å². The van der Waals surface area contributed by atoms with Gasteiger partial charge in [-0.25, -0.2) is 0 Å². The first-order valence-electron chi connectivity index (χ1n) is 8.11. The zero-order valence-electron chi connectivity index (χ0n) is 15.0. The second kappa shape index (κ2) is 7.82. The number of carbonyl (C=O) groups is 1. The fraction of sp³-hybridized carbons (Fsp3) is 0.286. The van der Waals surface area contributed by atoms with Gasteiger partial charge in [0, 0.05) is 6.08 Å². The van der Waals surface area contributed by atoms with Crippen LogP contribution in [0.4, 0.5) is 0 Å². The Bertz CT molecular complexity index is 745. The monoisotopic (exact) mass is 323 g/mol. The lowest BCUT2D eigenvalue weighted by Gasteiger charge is -2.17. The van der Waals surface area contributed by atoms with Crippen LogP contribution in [0.15, 0.2) is 42.5 Å². The number of benzene rings is 2. The van der Waals surface area contributed by atoms with Gasteiger partial charge in [0.2, 0.25) is 5.91 Å². The summed E-state index contributed by atoms with van der Waals surface area (Å²) in [5.74, 6) is 0.700. The van der Waals surface area contributed by atoms with E-state index in [0.29, 0.717) is 0 Å². The SMILES string of the molecule is COc1ccc(/C=C/C(=O)N[C@@H](C)c2cc(C)c(C)cc2C)cc1. The summed E-state index contributed by atoms with van der Waals surface area (Å²) >= 11 is 0. The van der Waals surface area contributed by atoms with Gasteiger partial charge in [0.05, 0.1) is 13.2 Å². The molecule has 0 aliphatic carbocycles. The first-order valence-corrected chi connectivity index (χ1v) is 8.11. The second-order valence-electron chi connectivity index (χ2n) is 6.13. The van der Waals surface area contributed by atoms with Gasteiger partial charge >= 0.3 is 0 Å². The quantitative estimate of drug-likeness (QED) is 0.822. The number of ether oxygens (including phenoxy) is 1. The molecule has 2 aromatic carbocycles. The Morgan fingerprint density at radius 1 is 1.04 bits per heavy atom. The van der Waals surface area contributed by atoms with E-state index in [4.69, 9.17) is 4.74 Å². The zero-order valence-corrected chi connectivity index (χ0v) is 15.0. The van der Waals surface area contributed by atoms with E-state index in [1.165, 1.54) is 16.7 Å². The van der Waals surface area contributed by atoms with E-state index in [9.17, 15) is 4.79 Å². The summed E-state index contributed by atoms with van der Waals surface area (Å²) < 4.78 is 5.12. The number of methoxy groups -OCH3 is 1. The van der Waals surface area contributed by atoms with E-state index in [1.54, 1.807) is 19.3 Å². The zero-order chi connectivity index (χ0) is 17.7. The molecule has 3 heteroatoms. The third-order valence-electron chi connectivity index (χ3n) is 4.25. The summed E-state index contributed by atoms with van der Waals surface area (Å²) in [6, 6.07) is 11.9. The Labute approximate surface area is 144 Å². The first-order chi connectivity index (χ1) is 11.4. The predicted molar refractivity (Wildman–Crippen MR) is 99.2 cm³/mol. The Hall–Kier alpha value is -2.55. The second-order valence-corrected chi connectivity index (χ2v) is 6.13. The van der Waals surface area contributed by atoms with Crippen molar-refractivity contribution in [3.63, 3.8) is 0 Å². The topological polar surface area (TPSA) is 38.3 Å². The summed E-state index contributed by atoms with van der Waals surface area (Å²) in [6.07, 6.45) is 3.36. The van der Waals surface area contributed by atoms with Crippen LogP contribution in [0.25, 0.3) is 6.08 Å². The molecule has 1 atom stereocenters. The highest BCUT2D eigenvalue weighted by Crippen LogP contribution is 2.21. The van der Waals surface area contributed by atoms with Crippen LogP contribution in [0.5, 0.6) is 5.75 Å². The van der Waals surface area contributed by atoms with Gasteiger partial charge in [0.25, 0.3) is 0 Å². The fourth-order valence-electron chi connectivity index (χ4n) is 2.68. The number of aryl methyl sites for hydroxylation is 3. The summed E-state index contributed by atoms with van der Waals surface area (Å²) in [6.45, 7) is 8.29. The minimum Gasteiger partial charge on any atom is -0.497 e. The molecular formula is C21H25NO2. The summed E-state index contributed by atoms with van der Waals surface area (Å²) in [5.41, 5.74) is 5.83. The van der Waals surface area contributed by atoms with Gasteiger partial charge < -0.3 is 10.1 Å². The van der Waals surface area contributed by atoms with Crippen LogP contribution >= 0.6 is 0 Å². The van der Waals surface area contributed by atoms with Crippen molar-refractivity contribution < 1.29 is 9.53 Å². The smallest absolute Gasteiger partial charge is 0.244 e.